The molecule has 1 saturated heterocycles. The molecule has 0 bridgehead atoms. The Morgan fingerprint density at radius 2 is 2.15 bits per heavy atom. The van der Waals surface area contributed by atoms with Gasteiger partial charge in [-0.2, -0.15) is 0 Å². The third-order valence-corrected chi connectivity index (χ3v) is 4.94. The molecule has 27 heavy (non-hydrogen) atoms. The van der Waals surface area contributed by atoms with Crippen LogP contribution in [0.15, 0.2) is 48.5 Å². The summed E-state index contributed by atoms with van der Waals surface area (Å²) in [6, 6.07) is 15.6. The predicted molar refractivity (Wildman–Crippen MR) is 106 cm³/mol. The molecule has 1 aromatic heterocycles. The van der Waals surface area contributed by atoms with Gasteiger partial charge in [0.25, 0.3) is 0 Å². The van der Waals surface area contributed by atoms with Crippen molar-refractivity contribution in [3.05, 3.63) is 59.8 Å². The number of aromatic amines is 1. The smallest absolute Gasteiger partial charge is 0.228 e. The SMILES string of the molecule is Cc1[nH]c2ccccc2c1CC(=O)Nc1cccc(OCC2CCCO2)c1. The van der Waals surface area contributed by atoms with Gasteiger partial charge in [0.05, 0.1) is 12.5 Å². The number of benzene rings is 2. The van der Waals surface area contributed by atoms with E-state index in [0.717, 1.165) is 53.0 Å². The van der Waals surface area contributed by atoms with Crippen LogP contribution in [0, 0.1) is 6.92 Å². The van der Waals surface area contributed by atoms with Gasteiger partial charge in [-0.25, -0.2) is 0 Å². The molecule has 1 aliphatic heterocycles. The van der Waals surface area contributed by atoms with E-state index >= 15 is 0 Å². The van der Waals surface area contributed by atoms with Crippen LogP contribution in [0.2, 0.25) is 0 Å². The van der Waals surface area contributed by atoms with E-state index in [1.165, 1.54) is 0 Å². The Kier molecular flexibility index (Phi) is 5.12. The number of aromatic nitrogens is 1. The minimum absolute atomic E-state index is 0.0425. The van der Waals surface area contributed by atoms with Crippen LogP contribution in [0.25, 0.3) is 10.9 Å². The maximum absolute atomic E-state index is 12.6. The average molecular weight is 364 g/mol. The van der Waals surface area contributed by atoms with Crippen molar-refractivity contribution in [2.24, 2.45) is 0 Å². The average Bonchev–Trinajstić information content (AvgIpc) is 3.29. The molecule has 1 aliphatic rings. The molecule has 1 atom stereocenters. The van der Waals surface area contributed by atoms with Crippen LogP contribution >= 0.6 is 0 Å². The second-order valence-electron chi connectivity index (χ2n) is 6.97. The summed E-state index contributed by atoms with van der Waals surface area (Å²) in [6.45, 7) is 3.37. The minimum atomic E-state index is -0.0425. The zero-order valence-electron chi connectivity index (χ0n) is 15.5. The van der Waals surface area contributed by atoms with Gasteiger partial charge in [0.2, 0.25) is 5.91 Å². The molecule has 0 aliphatic carbocycles. The van der Waals surface area contributed by atoms with E-state index in [4.69, 9.17) is 9.47 Å². The fourth-order valence-electron chi connectivity index (χ4n) is 3.56. The summed E-state index contributed by atoms with van der Waals surface area (Å²) < 4.78 is 11.4. The van der Waals surface area contributed by atoms with Gasteiger partial charge >= 0.3 is 0 Å². The normalized spacial score (nSPS) is 16.6. The van der Waals surface area contributed by atoms with Crippen LogP contribution in [0.3, 0.4) is 0 Å². The molecule has 1 amide bonds. The van der Waals surface area contributed by atoms with Gasteiger partial charge < -0.3 is 19.8 Å². The number of fused-ring (bicyclic) bond motifs is 1. The maximum atomic E-state index is 12.6. The molecule has 1 fully saturated rings. The van der Waals surface area contributed by atoms with Gasteiger partial charge in [-0.1, -0.05) is 24.3 Å². The molecule has 2 N–H and O–H groups in total. The maximum Gasteiger partial charge on any atom is 0.228 e. The monoisotopic (exact) mass is 364 g/mol. The summed E-state index contributed by atoms with van der Waals surface area (Å²) in [7, 11) is 0. The number of carbonyl (C=O) groups excluding carboxylic acids is 1. The first-order valence-electron chi connectivity index (χ1n) is 9.39. The number of amides is 1. The number of para-hydroxylation sites is 1. The van der Waals surface area contributed by atoms with E-state index in [0.29, 0.717) is 13.0 Å². The van der Waals surface area contributed by atoms with Crippen molar-refractivity contribution in [2.75, 3.05) is 18.5 Å². The highest BCUT2D eigenvalue weighted by molar-refractivity contribution is 5.96. The van der Waals surface area contributed by atoms with E-state index in [-0.39, 0.29) is 12.0 Å². The molecule has 4 rings (SSSR count). The highest BCUT2D eigenvalue weighted by Gasteiger charge is 2.16. The molecule has 0 spiro atoms. The van der Waals surface area contributed by atoms with Crippen molar-refractivity contribution in [1.29, 1.82) is 0 Å². The molecule has 1 unspecified atom stereocenters. The third-order valence-electron chi connectivity index (χ3n) is 4.94. The predicted octanol–water partition coefficient (Wildman–Crippen LogP) is 4.22. The first-order valence-corrected chi connectivity index (χ1v) is 9.39. The Morgan fingerprint density at radius 1 is 1.26 bits per heavy atom. The number of aryl methyl sites for hydroxylation is 1. The Bertz CT molecular complexity index is 942. The summed E-state index contributed by atoms with van der Waals surface area (Å²) in [4.78, 5) is 15.9. The Balaban J connectivity index is 1.40. The Hall–Kier alpha value is -2.79. The molecule has 5 nitrogen and oxygen atoms in total. The number of nitrogens with one attached hydrogen (secondary N) is 2. The summed E-state index contributed by atoms with van der Waals surface area (Å²) in [5, 5.41) is 4.07. The van der Waals surface area contributed by atoms with Crippen molar-refractivity contribution in [3.8, 4) is 5.75 Å². The van der Waals surface area contributed by atoms with E-state index in [9.17, 15) is 4.79 Å². The number of H-pyrrole nitrogens is 1. The van der Waals surface area contributed by atoms with E-state index in [1.807, 2.05) is 55.5 Å². The molecule has 0 saturated carbocycles. The van der Waals surface area contributed by atoms with Gasteiger partial charge in [-0.3, -0.25) is 4.79 Å². The second kappa shape index (κ2) is 7.84. The van der Waals surface area contributed by atoms with Crippen LogP contribution in [-0.2, 0) is 16.0 Å². The molecule has 2 heterocycles. The molecule has 2 aromatic carbocycles. The van der Waals surface area contributed by atoms with Crippen LogP contribution < -0.4 is 10.1 Å². The zero-order valence-corrected chi connectivity index (χ0v) is 15.5. The highest BCUT2D eigenvalue weighted by Crippen LogP contribution is 2.24. The lowest BCUT2D eigenvalue weighted by molar-refractivity contribution is -0.115. The first kappa shape index (κ1) is 17.6. The topological polar surface area (TPSA) is 63.4 Å². The fourth-order valence-corrected chi connectivity index (χ4v) is 3.56. The lowest BCUT2D eigenvalue weighted by atomic mass is 10.1. The van der Waals surface area contributed by atoms with E-state index in [1.54, 1.807) is 0 Å². The first-order chi connectivity index (χ1) is 13.2. The summed E-state index contributed by atoms with van der Waals surface area (Å²) in [5.41, 5.74) is 3.86. The van der Waals surface area contributed by atoms with Gasteiger partial charge in [-0.05, 0) is 43.5 Å². The number of hydrogen-bond acceptors (Lipinski definition) is 3. The number of rotatable bonds is 6. The summed E-state index contributed by atoms with van der Waals surface area (Å²) in [6.07, 6.45) is 2.64. The van der Waals surface area contributed by atoms with Crippen LogP contribution in [0.4, 0.5) is 5.69 Å². The fraction of sp³-hybridized carbons (Fsp3) is 0.318. The second-order valence-corrected chi connectivity index (χ2v) is 6.97. The van der Waals surface area contributed by atoms with Crippen molar-refractivity contribution in [1.82, 2.24) is 4.98 Å². The van der Waals surface area contributed by atoms with E-state index in [2.05, 4.69) is 10.3 Å². The number of hydrogen-bond donors (Lipinski definition) is 2. The van der Waals surface area contributed by atoms with Crippen LogP contribution in [-0.4, -0.2) is 30.2 Å². The Morgan fingerprint density at radius 3 is 3.00 bits per heavy atom. The van der Waals surface area contributed by atoms with Crippen LogP contribution in [0.5, 0.6) is 5.75 Å². The van der Waals surface area contributed by atoms with Crippen molar-refractivity contribution >= 4 is 22.5 Å². The molecule has 140 valence electrons. The lowest BCUT2D eigenvalue weighted by Crippen LogP contribution is -2.17. The van der Waals surface area contributed by atoms with Gasteiger partial charge in [0.15, 0.2) is 0 Å². The molecule has 5 heteroatoms. The number of carbonyl (C=O) groups is 1. The van der Waals surface area contributed by atoms with Crippen molar-refractivity contribution in [3.63, 3.8) is 0 Å². The van der Waals surface area contributed by atoms with Gasteiger partial charge in [0, 0.05) is 35.0 Å². The molecule has 0 radical (unpaired) electrons. The van der Waals surface area contributed by atoms with E-state index < -0.39 is 0 Å². The molecular weight excluding hydrogens is 340 g/mol. The molecular formula is C22H24N2O3. The van der Waals surface area contributed by atoms with Crippen molar-refractivity contribution in [2.45, 2.75) is 32.3 Å². The number of anilines is 1. The standard InChI is InChI=1S/C22H24N2O3/c1-15-20(19-9-2-3-10-21(19)23-15)13-22(25)24-16-6-4-7-17(12-16)27-14-18-8-5-11-26-18/h2-4,6-7,9-10,12,18,23H,5,8,11,13-14H2,1H3,(H,24,25). The minimum Gasteiger partial charge on any atom is -0.491 e. The largest absolute Gasteiger partial charge is 0.491 e. The third kappa shape index (κ3) is 4.14. The highest BCUT2D eigenvalue weighted by atomic mass is 16.5. The van der Waals surface area contributed by atoms with Crippen molar-refractivity contribution < 1.29 is 14.3 Å². The van der Waals surface area contributed by atoms with Crippen LogP contribution in [0.1, 0.15) is 24.1 Å². The van der Waals surface area contributed by atoms with Gasteiger partial charge in [0.1, 0.15) is 12.4 Å². The summed E-state index contributed by atoms with van der Waals surface area (Å²) >= 11 is 0. The number of ether oxygens (including phenoxy) is 2. The van der Waals surface area contributed by atoms with Gasteiger partial charge in [-0.15, -0.1) is 0 Å². The quantitative estimate of drug-likeness (QED) is 0.688. The molecule has 3 aromatic rings. The lowest BCUT2D eigenvalue weighted by Gasteiger charge is -2.12. The Labute approximate surface area is 158 Å². The zero-order chi connectivity index (χ0) is 18.6. The summed E-state index contributed by atoms with van der Waals surface area (Å²) in [5.74, 6) is 0.700.